The second-order valence-electron chi connectivity index (χ2n) is 6.13. The minimum Gasteiger partial charge on any atom is -0.468 e. The summed E-state index contributed by atoms with van der Waals surface area (Å²) in [5, 5.41) is 10.7. The molecule has 4 heteroatoms. The first-order valence-corrected chi connectivity index (χ1v) is 7.27. The molecule has 0 bridgehead atoms. The highest BCUT2D eigenvalue weighted by molar-refractivity contribution is 5.97. The molecule has 108 valence electrons. The number of aliphatic hydroxyl groups excluding tert-OH is 1. The smallest absolute Gasteiger partial charge is 0.219 e. The molecule has 0 aromatic rings. The SMILES string of the molecule is CCC(C)[C@]1(C)OC2=C(CN3C=CC(C)=CC3=N2)[C@H]1O. The number of fused-ring (bicyclic) bond motifs is 1. The van der Waals surface area contributed by atoms with Gasteiger partial charge in [-0.25, -0.2) is 0 Å². The highest BCUT2D eigenvalue weighted by Crippen LogP contribution is 2.43. The van der Waals surface area contributed by atoms with Crippen LogP contribution in [-0.4, -0.2) is 34.1 Å². The zero-order chi connectivity index (χ0) is 14.5. The molecule has 0 radical (unpaired) electrons. The Labute approximate surface area is 120 Å². The molecule has 3 heterocycles. The number of ether oxygens (including phenoxy) is 1. The fourth-order valence-electron chi connectivity index (χ4n) is 2.95. The molecular formula is C16H22N2O2. The monoisotopic (exact) mass is 274 g/mol. The number of aliphatic hydroxyl groups is 1. The number of hydrogen-bond donors (Lipinski definition) is 1. The number of aliphatic imine (C=N–C) groups is 1. The topological polar surface area (TPSA) is 45.1 Å². The molecule has 0 aromatic carbocycles. The molecule has 0 saturated heterocycles. The van der Waals surface area contributed by atoms with Gasteiger partial charge in [-0.3, -0.25) is 0 Å². The van der Waals surface area contributed by atoms with E-state index < -0.39 is 11.7 Å². The van der Waals surface area contributed by atoms with Crippen LogP contribution >= 0.6 is 0 Å². The Balaban J connectivity index is 1.94. The molecule has 0 spiro atoms. The highest BCUT2D eigenvalue weighted by atomic mass is 16.5. The predicted molar refractivity (Wildman–Crippen MR) is 79.0 cm³/mol. The van der Waals surface area contributed by atoms with E-state index in [0.717, 1.165) is 17.8 Å². The summed E-state index contributed by atoms with van der Waals surface area (Å²) in [5.74, 6) is 1.78. The van der Waals surface area contributed by atoms with Crippen molar-refractivity contribution in [2.75, 3.05) is 6.54 Å². The molecule has 0 aliphatic carbocycles. The quantitative estimate of drug-likeness (QED) is 0.842. The van der Waals surface area contributed by atoms with Crippen LogP contribution in [0.25, 0.3) is 0 Å². The van der Waals surface area contributed by atoms with Crippen molar-refractivity contribution in [3.8, 4) is 0 Å². The molecular weight excluding hydrogens is 252 g/mol. The van der Waals surface area contributed by atoms with Crippen molar-refractivity contribution in [1.82, 2.24) is 4.90 Å². The van der Waals surface area contributed by atoms with E-state index in [1.54, 1.807) is 0 Å². The third-order valence-electron chi connectivity index (χ3n) is 4.78. The van der Waals surface area contributed by atoms with E-state index in [9.17, 15) is 5.11 Å². The fourth-order valence-corrected chi connectivity index (χ4v) is 2.95. The summed E-state index contributed by atoms with van der Waals surface area (Å²) < 4.78 is 6.06. The van der Waals surface area contributed by atoms with E-state index in [2.05, 4.69) is 29.8 Å². The van der Waals surface area contributed by atoms with Gasteiger partial charge in [-0.2, -0.15) is 4.99 Å². The molecule has 4 nitrogen and oxygen atoms in total. The summed E-state index contributed by atoms with van der Waals surface area (Å²) in [7, 11) is 0. The third kappa shape index (κ3) is 1.82. The van der Waals surface area contributed by atoms with E-state index in [1.807, 2.05) is 26.1 Å². The predicted octanol–water partition coefficient (Wildman–Crippen LogP) is 2.58. The summed E-state index contributed by atoms with van der Waals surface area (Å²) in [5.41, 5.74) is 1.50. The maximum atomic E-state index is 10.7. The van der Waals surface area contributed by atoms with Crippen LogP contribution in [0.2, 0.25) is 0 Å². The van der Waals surface area contributed by atoms with Crippen LogP contribution < -0.4 is 0 Å². The van der Waals surface area contributed by atoms with E-state index in [0.29, 0.717) is 12.4 Å². The summed E-state index contributed by atoms with van der Waals surface area (Å²) >= 11 is 0. The van der Waals surface area contributed by atoms with Gasteiger partial charge in [0.25, 0.3) is 0 Å². The van der Waals surface area contributed by atoms with Crippen LogP contribution in [0.5, 0.6) is 0 Å². The second kappa shape index (κ2) is 4.48. The van der Waals surface area contributed by atoms with Crippen molar-refractivity contribution >= 4 is 5.84 Å². The van der Waals surface area contributed by atoms with Gasteiger partial charge in [0.05, 0.1) is 6.54 Å². The first kappa shape index (κ1) is 13.4. The number of nitrogens with zero attached hydrogens (tertiary/aromatic N) is 2. The first-order valence-electron chi connectivity index (χ1n) is 7.27. The van der Waals surface area contributed by atoms with Crippen LogP contribution in [-0.2, 0) is 4.74 Å². The summed E-state index contributed by atoms with van der Waals surface area (Å²) in [6, 6.07) is 0. The van der Waals surface area contributed by atoms with E-state index in [1.165, 1.54) is 5.57 Å². The Morgan fingerprint density at radius 1 is 1.60 bits per heavy atom. The van der Waals surface area contributed by atoms with Crippen molar-refractivity contribution in [2.24, 2.45) is 10.9 Å². The molecule has 3 aliphatic heterocycles. The van der Waals surface area contributed by atoms with E-state index in [4.69, 9.17) is 4.74 Å². The molecule has 1 N–H and O–H groups in total. The largest absolute Gasteiger partial charge is 0.468 e. The van der Waals surface area contributed by atoms with Gasteiger partial charge in [0, 0.05) is 11.8 Å². The van der Waals surface area contributed by atoms with Gasteiger partial charge in [0.15, 0.2) is 0 Å². The maximum absolute atomic E-state index is 10.7. The first-order chi connectivity index (χ1) is 9.45. The normalized spacial score (nSPS) is 33.2. The van der Waals surface area contributed by atoms with Gasteiger partial charge in [0.2, 0.25) is 5.88 Å². The Bertz CT molecular complexity index is 559. The molecule has 0 amide bonds. The standard InChI is InChI=1S/C16H22N2O2/c1-5-11(3)16(4)14(19)12-9-18-7-6-10(2)8-13(18)17-15(12)20-16/h6-8,11,14,19H,5,9H2,1-4H3/t11?,14-,16+/m1/s1. The Morgan fingerprint density at radius 3 is 3.05 bits per heavy atom. The highest BCUT2D eigenvalue weighted by Gasteiger charge is 2.50. The van der Waals surface area contributed by atoms with Crippen LogP contribution in [0.1, 0.15) is 34.1 Å². The number of hydrogen-bond acceptors (Lipinski definition) is 4. The van der Waals surface area contributed by atoms with Gasteiger partial charge >= 0.3 is 0 Å². The van der Waals surface area contributed by atoms with E-state index in [-0.39, 0.29) is 5.92 Å². The number of rotatable bonds is 2. The van der Waals surface area contributed by atoms with Gasteiger partial charge in [-0.1, -0.05) is 13.8 Å². The molecule has 20 heavy (non-hydrogen) atoms. The molecule has 0 saturated carbocycles. The molecule has 3 aliphatic rings. The summed E-state index contributed by atoms with van der Waals surface area (Å²) in [6.45, 7) is 8.93. The van der Waals surface area contributed by atoms with E-state index >= 15 is 0 Å². The fraction of sp³-hybridized carbons (Fsp3) is 0.562. The minimum absolute atomic E-state index is 0.271. The molecule has 3 rings (SSSR count). The zero-order valence-electron chi connectivity index (χ0n) is 12.6. The van der Waals surface area contributed by atoms with Crippen LogP contribution in [0, 0.1) is 5.92 Å². The third-order valence-corrected chi connectivity index (χ3v) is 4.78. The second-order valence-corrected chi connectivity index (χ2v) is 6.13. The van der Waals surface area contributed by atoms with Gasteiger partial charge in [-0.05, 0) is 43.9 Å². The number of allylic oxidation sites excluding steroid dienone is 2. The van der Waals surface area contributed by atoms with Crippen molar-refractivity contribution < 1.29 is 9.84 Å². The van der Waals surface area contributed by atoms with Gasteiger partial charge < -0.3 is 14.7 Å². The van der Waals surface area contributed by atoms with Crippen LogP contribution in [0.15, 0.2) is 40.4 Å². The molecule has 0 fully saturated rings. The lowest BCUT2D eigenvalue weighted by atomic mass is 9.82. The Hall–Kier alpha value is -1.55. The van der Waals surface area contributed by atoms with Crippen molar-refractivity contribution in [3.05, 3.63) is 35.4 Å². The van der Waals surface area contributed by atoms with Crippen LogP contribution in [0.3, 0.4) is 0 Å². The van der Waals surface area contributed by atoms with Gasteiger partial charge in [0.1, 0.15) is 17.5 Å². The molecule has 0 aromatic heterocycles. The van der Waals surface area contributed by atoms with Gasteiger partial charge in [-0.15, -0.1) is 0 Å². The van der Waals surface area contributed by atoms with Crippen LogP contribution in [0.4, 0.5) is 0 Å². The lowest BCUT2D eigenvalue weighted by Gasteiger charge is -2.34. The Kier molecular flexibility index (Phi) is 3.01. The zero-order valence-corrected chi connectivity index (χ0v) is 12.6. The number of amidine groups is 1. The average Bonchev–Trinajstić information content (AvgIpc) is 2.68. The summed E-state index contributed by atoms with van der Waals surface area (Å²) in [6.07, 6.45) is 6.49. The Morgan fingerprint density at radius 2 is 2.35 bits per heavy atom. The average molecular weight is 274 g/mol. The molecule has 3 atom stereocenters. The van der Waals surface area contributed by atoms with Crippen molar-refractivity contribution in [3.63, 3.8) is 0 Å². The summed E-state index contributed by atoms with van der Waals surface area (Å²) in [4.78, 5) is 6.65. The lowest BCUT2D eigenvalue weighted by Crippen LogP contribution is -2.45. The minimum atomic E-state index is -0.585. The maximum Gasteiger partial charge on any atom is 0.219 e. The van der Waals surface area contributed by atoms with Crippen molar-refractivity contribution in [2.45, 2.75) is 45.8 Å². The van der Waals surface area contributed by atoms with Crippen molar-refractivity contribution in [1.29, 1.82) is 0 Å². The molecule has 1 unspecified atom stereocenters. The lowest BCUT2D eigenvalue weighted by molar-refractivity contribution is -0.0745.